The average Bonchev–Trinajstić information content (AvgIpc) is 3.16. The van der Waals surface area contributed by atoms with Crippen LogP contribution in [0.4, 0.5) is 0 Å². The van der Waals surface area contributed by atoms with Gasteiger partial charge in [0.05, 0.1) is 12.0 Å². The number of benzene rings is 1. The first-order chi connectivity index (χ1) is 10.5. The van der Waals surface area contributed by atoms with Gasteiger partial charge >= 0.3 is 0 Å². The molecule has 0 N–H and O–H groups in total. The highest BCUT2D eigenvalue weighted by Crippen LogP contribution is 2.30. The van der Waals surface area contributed by atoms with Gasteiger partial charge < -0.3 is 4.42 Å². The molecule has 0 aliphatic heterocycles. The largest absolute Gasteiger partial charge is 0.468 e. The highest BCUT2D eigenvalue weighted by molar-refractivity contribution is 7.91. The van der Waals surface area contributed by atoms with Gasteiger partial charge in [-0.15, -0.1) is 5.10 Å². The predicted molar refractivity (Wildman–Crippen MR) is 78.2 cm³/mol. The van der Waals surface area contributed by atoms with Crippen molar-refractivity contribution in [2.24, 2.45) is 0 Å². The number of sulfone groups is 1. The second kappa shape index (κ2) is 5.38. The maximum atomic E-state index is 12.7. The van der Waals surface area contributed by atoms with Crippen LogP contribution in [0.25, 0.3) is 5.69 Å². The predicted octanol–water partition coefficient (Wildman–Crippen LogP) is 2.10. The Balaban J connectivity index is 2.06. The first kappa shape index (κ1) is 14.5. The molecular weight excluding hydrogens is 304 g/mol. The fraction of sp³-hybridized carbons (Fsp3) is 0.214. The van der Waals surface area contributed by atoms with E-state index in [1.807, 2.05) is 30.3 Å². The summed E-state index contributed by atoms with van der Waals surface area (Å²) >= 11 is 0. The number of furan rings is 1. The Kier molecular flexibility index (Phi) is 3.53. The Hall–Kier alpha value is -2.48. The fourth-order valence-electron chi connectivity index (χ4n) is 2.20. The van der Waals surface area contributed by atoms with E-state index in [0.717, 1.165) is 0 Å². The maximum absolute atomic E-state index is 12.7. The lowest BCUT2D eigenvalue weighted by Crippen LogP contribution is -2.16. The van der Waals surface area contributed by atoms with Crippen molar-refractivity contribution in [1.82, 2.24) is 20.2 Å². The van der Waals surface area contributed by atoms with Crippen molar-refractivity contribution in [1.29, 1.82) is 0 Å². The summed E-state index contributed by atoms with van der Waals surface area (Å²) in [5, 5.41) is 10.5. The molecule has 0 aliphatic rings. The van der Waals surface area contributed by atoms with Crippen molar-refractivity contribution >= 4 is 9.84 Å². The topological polar surface area (TPSA) is 90.9 Å². The minimum absolute atomic E-state index is 0.155. The second-order valence-electron chi connectivity index (χ2n) is 4.81. The minimum atomic E-state index is -3.64. The zero-order valence-electron chi connectivity index (χ0n) is 12.0. The van der Waals surface area contributed by atoms with Gasteiger partial charge in [0.15, 0.2) is 15.7 Å². The number of rotatable bonds is 4. The van der Waals surface area contributed by atoms with Gasteiger partial charge in [0.25, 0.3) is 0 Å². The van der Waals surface area contributed by atoms with Crippen LogP contribution in [0.5, 0.6) is 0 Å². The molecule has 0 amide bonds. The van der Waals surface area contributed by atoms with Crippen LogP contribution in [-0.4, -0.2) is 28.6 Å². The van der Waals surface area contributed by atoms with Crippen LogP contribution in [0, 0.1) is 6.92 Å². The van der Waals surface area contributed by atoms with Gasteiger partial charge in [-0.3, -0.25) is 0 Å². The average molecular weight is 318 g/mol. The molecule has 3 rings (SSSR count). The highest BCUT2D eigenvalue weighted by atomic mass is 32.2. The Labute approximate surface area is 127 Å². The maximum Gasteiger partial charge on any atom is 0.191 e. The van der Waals surface area contributed by atoms with Crippen LogP contribution >= 0.6 is 0 Å². The zero-order chi connectivity index (χ0) is 15.7. The molecule has 1 aromatic carbocycles. The third-order valence-corrected chi connectivity index (χ3v) is 5.62. The van der Waals surface area contributed by atoms with Gasteiger partial charge in [-0.05, 0) is 42.5 Å². The van der Waals surface area contributed by atoms with Crippen molar-refractivity contribution in [2.45, 2.75) is 24.0 Å². The van der Waals surface area contributed by atoms with Crippen LogP contribution in [0.1, 0.15) is 23.8 Å². The van der Waals surface area contributed by atoms with E-state index in [9.17, 15) is 8.42 Å². The summed E-state index contributed by atoms with van der Waals surface area (Å²) in [6.07, 6.45) is 1.36. The molecule has 22 heavy (non-hydrogen) atoms. The molecule has 0 spiro atoms. The zero-order valence-corrected chi connectivity index (χ0v) is 12.9. The SMILES string of the molecule is Cc1occc1S(=O)(=O)[C@H](C)c1nnnn1-c1ccccc1. The summed E-state index contributed by atoms with van der Waals surface area (Å²) in [4.78, 5) is 0.155. The highest BCUT2D eigenvalue weighted by Gasteiger charge is 2.32. The van der Waals surface area contributed by atoms with Crippen molar-refractivity contribution < 1.29 is 12.8 Å². The summed E-state index contributed by atoms with van der Waals surface area (Å²) in [5.41, 5.74) is 0.702. The quantitative estimate of drug-likeness (QED) is 0.731. The third kappa shape index (κ3) is 2.31. The van der Waals surface area contributed by atoms with Gasteiger partial charge in [-0.1, -0.05) is 18.2 Å². The lowest BCUT2D eigenvalue weighted by Gasteiger charge is -2.12. The van der Waals surface area contributed by atoms with Crippen LogP contribution in [0.2, 0.25) is 0 Å². The molecule has 1 atom stereocenters. The van der Waals surface area contributed by atoms with Gasteiger partial charge in [-0.2, -0.15) is 4.68 Å². The van der Waals surface area contributed by atoms with Crippen LogP contribution in [0.15, 0.2) is 52.0 Å². The summed E-state index contributed by atoms with van der Waals surface area (Å²) in [6.45, 7) is 3.17. The smallest absolute Gasteiger partial charge is 0.191 e. The van der Waals surface area contributed by atoms with E-state index in [1.165, 1.54) is 17.0 Å². The number of tetrazole rings is 1. The summed E-state index contributed by atoms with van der Waals surface area (Å²) in [6, 6.07) is 10.6. The molecule has 3 aromatic rings. The second-order valence-corrected chi connectivity index (χ2v) is 7.05. The monoisotopic (exact) mass is 318 g/mol. The van der Waals surface area contributed by atoms with Gasteiger partial charge in [0.1, 0.15) is 15.9 Å². The molecule has 2 aromatic heterocycles. The number of hydrogen-bond acceptors (Lipinski definition) is 6. The summed E-state index contributed by atoms with van der Waals surface area (Å²) in [7, 11) is -3.64. The van der Waals surface area contributed by atoms with Gasteiger partial charge in [-0.25, -0.2) is 8.42 Å². The van der Waals surface area contributed by atoms with E-state index >= 15 is 0 Å². The van der Waals surface area contributed by atoms with Crippen molar-refractivity contribution in [3.05, 3.63) is 54.2 Å². The van der Waals surface area contributed by atoms with E-state index in [2.05, 4.69) is 15.5 Å². The summed E-state index contributed by atoms with van der Waals surface area (Å²) in [5.74, 6) is 0.609. The number of nitrogens with zero attached hydrogens (tertiary/aromatic N) is 4. The third-order valence-electron chi connectivity index (χ3n) is 3.44. The first-order valence-corrected chi connectivity index (χ1v) is 8.18. The number of para-hydroxylation sites is 1. The van der Waals surface area contributed by atoms with Gasteiger partial charge in [0, 0.05) is 0 Å². The van der Waals surface area contributed by atoms with Crippen molar-refractivity contribution in [3.8, 4) is 5.69 Å². The number of aryl methyl sites for hydroxylation is 1. The standard InChI is InChI=1S/C14H14N4O3S/c1-10-13(8-9-21-10)22(19,20)11(2)14-15-16-17-18(14)12-6-4-3-5-7-12/h3-9,11H,1-2H3/t11-/m1/s1. The molecular formula is C14H14N4O3S. The molecule has 0 radical (unpaired) electrons. The molecule has 7 nitrogen and oxygen atoms in total. The fourth-order valence-corrected chi connectivity index (χ4v) is 3.70. The minimum Gasteiger partial charge on any atom is -0.468 e. The van der Waals surface area contributed by atoms with Gasteiger partial charge in [0.2, 0.25) is 0 Å². The Morgan fingerprint density at radius 2 is 1.91 bits per heavy atom. The van der Waals surface area contributed by atoms with Crippen molar-refractivity contribution in [2.75, 3.05) is 0 Å². The molecule has 0 saturated carbocycles. The Morgan fingerprint density at radius 3 is 2.55 bits per heavy atom. The number of aromatic nitrogens is 4. The Morgan fingerprint density at radius 1 is 1.18 bits per heavy atom. The molecule has 0 bridgehead atoms. The molecule has 2 heterocycles. The van der Waals surface area contributed by atoms with E-state index in [1.54, 1.807) is 13.8 Å². The van der Waals surface area contributed by atoms with Crippen LogP contribution in [-0.2, 0) is 9.84 Å². The molecule has 114 valence electrons. The lowest BCUT2D eigenvalue weighted by molar-refractivity contribution is 0.521. The lowest BCUT2D eigenvalue weighted by atomic mass is 10.3. The molecule has 8 heteroatoms. The first-order valence-electron chi connectivity index (χ1n) is 6.63. The molecule has 0 aliphatic carbocycles. The van der Waals surface area contributed by atoms with E-state index in [4.69, 9.17) is 4.42 Å². The number of hydrogen-bond donors (Lipinski definition) is 0. The van der Waals surface area contributed by atoms with E-state index in [0.29, 0.717) is 11.4 Å². The van der Waals surface area contributed by atoms with Crippen LogP contribution < -0.4 is 0 Å². The van der Waals surface area contributed by atoms with E-state index < -0.39 is 15.1 Å². The van der Waals surface area contributed by atoms with E-state index in [-0.39, 0.29) is 10.7 Å². The van der Waals surface area contributed by atoms with Crippen LogP contribution in [0.3, 0.4) is 0 Å². The summed E-state index contributed by atoms with van der Waals surface area (Å²) < 4.78 is 32.0. The molecule has 0 unspecified atom stereocenters. The molecule has 0 saturated heterocycles. The van der Waals surface area contributed by atoms with Crippen molar-refractivity contribution in [3.63, 3.8) is 0 Å². The molecule has 0 fully saturated rings. The normalized spacial score (nSPS) is 13.2. The Bertz CT molecular complexity index is 884.